The average Bonchev–Trinajstić information content (AvgIpc) is 2.82. The molecule has 1 aromatic rings. The Balaban J connectivity index is 1.82. The molecule has 0 N–H and O–H groups in total. The largest absolute Gasteiger partial charge is 0.339 e. The van der Waals surface area contributed by atoms with Crippen LogP contribution in [0.3, 0.4) is 0 Å². The maximum absolute atomic E-state index is 12.0. The Morgan fingerprint density at radius 1 is 1.29 bits per heavy atom. The van der Waals surface area contributed by atoms with Crippen molar-refractivity contribution in [1.82, 2.24) is 19.4 Å². The van der Waals surface area contributed by atoms with Crippen molar-refractivity contribution in [3.05, 3.63) is 18.7 Å². The van der Waals surface area contributed by atoms with Crippen molar-refractivity contribution in [2.75, 3.05) is 26.2 Å². The molecular formula is C12H20N4O. The number of rotatable bonds is 3. The molecule has 0 aliphatic carbocycles. The summed E-state index contributed by atoms with van der Waals surface area (Å²) in [4.78, 5) is 20.3. The fourth-order valence-electron chi connectivity index (χ4n) is 2.12. The Morgan fingerprint density at radius 2 is 2.00 bits per heavy atom. The van der Waals surface area contributed by atoms with Gasteiger partial charge in [0, 0.05) is 44.6 Å². The van der Waals surface area contributed by atoms with Gasteiger partial charge in [-0.2, -0.15) is 0 Å². The first-order chi connectivity index (χ1) is 8.16. The number of carbonyl (C=O) groups is 1. The Morgan fingerprint density at radius 3 is 2.53 bits per heavy atom. The minimum absolute atomic E-state index is 0.186. The quantitative estimate of drug-likeness (QED) is 0.764. The van der Waals surface area contributed by atoms with Gasteiger partial charge in [-0.1, -0.05) is 0 Å². The summed E-state index contributed by atoms with van der Waals surface area (Å²) in [6.45, 7) is 8.44. The third-order valence-corrected chi connectivity index (χ3v) is 3.27. The molecule has 1 aliphatic heterocycles. The molecule has 0 unspecified atom stereocenters. The predicted octanol–water partition coefficient (Wildman–Crippen LogP) is 0.436. The van der Waals surface area contributed by atoms with Gasteiger partial charge >= 0.3 is 0 Å². The van der Waals surface area contributed by atoms with Crippen molar-refractivity contribution in [2.24, 2.45) is 0 Å². The molecule has 5 nitrogen and oxygen atoms in total. The van der Waals surface area contributed by atoms with Gasteiger partial charge in [0.05, 0.1) is 6.33 Å². The highest BCUT2D eigenvalue weighted by Gasteiger charge is 2.22. The maximum Gasteiger partial charge on any atom is 0.242 e. The van der Waals surface area contributed by atoms with Gasteiger partial charge in [-0.15, -0.1) is 0 Å². The van der Waals surface area contributed by atoms with Crippen LogP contribution in [-0.2, 0) is 11.3 Å². The Bertz CT molecular complexity index is 353. The van der Waals surface area contributed by atoms with Crippen LogP contribution in [0.1, 0.15) is 13.8 Å². The normalized spacial score (nSPS) is 17.7. The van der Waals surface area contributed by atoms with E-state index in [0.29, 0.717) is 12.6 Å². The topological polar surface area (TPSA) is 41.4 Å². The summed E-state index contributed by atoms with van der Waals surface area (Å²) in [6, 6.07) is 0.570. The number of hydrogen-bond acceptors (Lipinski definition) is 3. The maximum atomic E-state index is 12.0. The van der Waals surface area contributed by atoms with E-state index in [-0.39, 0.29) is 5.91 Å². The van der Waals surface area contributed by atoms with E-state index in [9.17, 15) is 4.79 Å². The van der Waals surface area contributed by atoms with Crippen molar-refractivity contribution in [1.29, 1.82) is 0 Å². The zero-order valence-corrected chi connectivity index (χ0v) is 10.5. The number of amides is 1. The lowest BCUT2D eigenvalue weighted by molar-refractivity contribution is -0.133. The number of imidazole rings is 1. The van der Waals surface area contributed by atoms with Crippen molar-refractivity contribution in [2.45, 2.75) is 26.4 Å². The lowest BCUT2D eigenvalue weighted by Gasteiger charge is -2.36. The van der Waals surface area contributed by atoms with E-state index in [4.69, 9.17) is 0 Å². The highest BCUT2D eigenvalue weighted by Crippen LogP contribution is 2.06. The van der Waals surface area contributed by atoms with Gasteiger partial charge in [0.2, 0.25) is 5.91 Å². The van der Waals surface area contributed by atoms with Crippen LogP contribution in [0.4, 0.5) is 0 Å². The Kier molecular flexibility index (Phi) is 3.78. The Hall–Kier alpha value is -1.36. The highest BCUT2D eigenvalue weighted by atomic mass is 16.2. The summed E-state index contributed by atoms with van der Waals surface area (Å²) in [5, 5.41) is 0. The molecule has 0 saturated carbocycles. The van der Waals surface area contributed by atoms with Gasteiger partial charge in [-0.3, -0.25) is 9.69 Å². The molecule has 94 valence electrons. The predicted molar refractivity (Wildman–Crippen MR) is 65.5 cm³/mol. The van der Waals surface area contributed by atoms with E-state index >= 15 is 0 Å². The fraction of sp³-hybridized carbons (Fsp3) is 0.667. The summed E-state index contributed by atoms with van der Waals surface area (Å²) in [5.74, 6) is 0.186. The number of hydrogen-bond donors (Lipinski definition) is 0. The summed E-state index contributed by atoms with van der Waals surface area (Å²) in [6.07, 6.45) is 5.20. The van der Waals surface area contributed by atoms with Crippen LogP contribution >= 0.6 is 0 Å². The molecule has 0 spiro atoms. The standard InChI is InChI=1S/C12H20N4O/c1-11(2)15-5-7-16(8-6-15)12(17)9-14-4-3-13-10-14/h3-4,10-11H,5-9H2,1-2H3. The van der Waals surface area contributed by atoms with Gasteiger partial charge < -0.3 is 9.47 Å². The molecule has 0 aromatic carbocycles. The molecule has 5 heteroatoms. The SMILES string of the molecule is CC(C)N1CCN(C(=O)Cn2ccnc2)CC1. The van der Waals surface area contributed by atoms with E-state index in [1.54, 1.807) is 12.5 Å². The van der Waals surface area contributed by atoms with Crippen molar-refractivity contribution < 1.29 is 4.79 Å². The third-order valence-electron chi connectivity index (χ3n) is 3.27. The van der Waals surface area contributed by atoms with E-state index in [1.807, 2.05) is 15.7 Å². The molecule has 1 fully saturated rings. The number of nitrogens with zero attached hydrogens (tertiary/aromatic N) is 4. The molecule has 2 rings (SSSR count). The van der Waals surface area contributed by atoms with Crippen LogP contribution in [0, 0.1) is 0 Å². The van der Waals surface area contributed by atoms with E-state index in [0.717, 1.165) is 26.2 Å². The Labute approximate surface area is 102 Å². The second kappa shape index (κ2) is 5.31. The number of carbonyl (C=O) groups excluding carboxylic acids is 1. The van der Waals surface area contributed by atoms with E-state index < -0.39 is 0 Å². The fourth-order valence-corrected chi connectivity index (χ4v) is 2.12. The van der Waals surface area contributed by atoms with Crippen molar-refractivity contribution in [3.8, 4) is 0 Å². The molecule has 2 heterocycles. The van der Waals surface area contributed by atoms with E-state index in [1.165, 1.54) is 0 Å². The van der Waals surface area contributed by atoms with Gasteiger partial charge in [0.25, 0.3) is 0 Å². The molecule has 0 radical (unpaired) electrons. The molecule has 17 heavy (non-hydrogen) atoms. The second-order valence-corrected chi connectivity index (χ2v) is 4.75. The second-order valence-electron chi connectivity index (χ2n) is 4.75. The first kappa shape index (κ1) is 12.1. The highest BCUT2D eigenvalue weighted by molar-refractivity contribution is 5.76. The first-order valence-electron chi connectivity index (χ1n) is 6.14. The lowest BCUT2D eigenvalue weighted by Crippen LogP contribution is -2.51. The molecule has 1 aromatic heterocycles. The van der Waals surface area contributed by atoms with Gasteiger partial charge in [-0.25, -0.2) is 4.98 Å². The summed E-state index contributed by atoms with van der Waals surface area (Å²) >= 11 is 0. The first-order valence-corrected chi connectivity index (χ1v) is 6.14. The van der Waals surface area contributed by atoms with Gasteiger partial charge in [-0.05, 0) is 13.8 Å². The smallest absolute Gasteiger partial charge is 0.242 e. The molecular weight excluding hydrogens is 216 g/mol. The molecule has 1 saturated heterocycles. The van der Waals surface area contributed by atoms with Crippen molar-refractivity contribution >= 4 is 5.91 Å². The van der Waals surface area contributed by atoms with Gasteiger partial charge in [0.15, 0.2) is 0 Å². The number of piperazine rings is 1. The lowest BCUT2D eigenvalue weighted by atomic mass is 10.2. The molecule has 0 atom stereocenters. The number of aromatic nitrogens is 2. The minimum atomic E-state index is 0.186. The van der Waals surface area contributed by atoms with Crippen molar-refractivity contribution in [3.63, 3.8) is 0 Å². The van der Waals surface area contributed by atoms with Crippen LogP contribution in [0.5, 0.6) is 0 Å². The van der Waals surface area contributed by atoms with E-state index in [2.05, 4.69) is 23.7 Å². The zero-order valence-electron chi connectivity index (χ0n) is 10.5. The minimum Gasteiger partial charge on any atom is -0.339 e. The molecule has 1 aliphatic rings. The summed E-state index contributed by atoms with van der Waals surface area (Å²) in [7, 11) is 0. The molecule has 0 bridgehead atoms. The monoisotopic (exact) mass is 236 g/mol. The summed E-state index contributed by atoms with van der Waals surface area (Å²) in [5.41, 5.74) is 0. The van der Waals surface area contributed by atoms with Crippen LogP contribution in [0.25, 0.3) is 0 Å². The third kappa shape index (κ3) is 3.06. The van der Waals surface area contributed by atoms with Crippen LogP contribution < -0.4 is 0 Å². The van der Waals surface area contributed by atoms with Gasteiger partial charge in [0.1, 0.15) is 6.54 Å². The van der Waals surface area contributed by atoms with Crippen LogP contribution in [0.15, 0.2) is 18.7 Å². The molecule has 1 amide bonds. The average molecular weight is 236 g/mol. The summed E-state index contributed by atoms with van der Waals surface area (Å²) < 4.78 is 1.82. The zero-order chi connectivity index (χ0) is 12.3. The van der Waals surface area contributed by atoms with Crippen LogP contribution in [-0.4, -0.2) is 57.5 Å². The van der Waals surface area contributed by atoms with Crippen LogP contribution in [0.2, 0.25) is 0 Å².